The van der Waals surface area contributed by atoms with Crippen molar-refractivity contribution < 1.29 is 13.2 Å². The van der Waals surface area contributed by atoms with Gasteiger partial charge < -0.3 is 15.8 Å². The van der Waals surface area contributed by atoms with E-state index in [1.165, 1.54) is 4.31 Å². The lowest BCUT2D eigenvalue weighted by Crippen LogP contribution is -2.49. The first-order valence-electron chi connectivity index (χ1n) is 9.57. The summed E-state index contributed by atoms with van der Waals surface area (Å²) in [5, 5.41) is 3.16. The number of hydrogen-bond donors (Lipinski definition) is 2. The quantitative estimate of drug-likeness (QED) is 0.325. The molecule has 2 unspecified atom stereocenters. The van der Waals surface area contributed by atoms with E-state index in [0.717, 1.165) is 29.7 Å². The molecule has 0 radical (unpaired) electrons. The summed E-state index contributed by atoms with van der Waals surface area (Å²) in [5.41, 5.74) is 9.32. The minimum atomic E-state index is -3.38. The van der Waals surface area contributed by atoms with Gasteiger partial charge in [0.05, 0.1) is 24.5 Å². The fourth-order valence-electron chi connectivity index (χ4n) is 3.34. The van der Waals surface area contributed by atoms with Gasteiger partial charge >= 0.3 is 0 Å². The first kappa shape index (κ1) is 25.1. The van der Waals surface area contributed by atoms with Crippen molar-refractivity contribution in [3.05, 3.63) is 29.3 Å². The van der Waals surface area contributed by atoms with Gasteiger partial charge in [-0.1, -0.05) is 32.0 Å². The molecule has 160 valence electrons. The summed E-state index contributed by atoms with van der Waals surface area (Å²) in [5.74, 6) is 0.176. The van der Waals surface area contributed by atoms with Gasteiger partial charge in [-0.05, 0) is 37.8 Å². The van der Waals surface area contributed by atoms with Crippen LogP contribution in [-0.4, -0.2) is 56.3 Å². The summed E-state index contributed by atoms with van der Waals surface area (Å²) in [6, 6.07) is 6.15. The molecule has 1 aromatic rings. The van der Waals surface area contributed by atoms with E-state index >= 15 is 0 Å². The molecule has 0 aliphatic carbocycles. The number of para-hydroxylation sites is 1. The normalized spacial score (nSPS) is 21.2. The van der Waals surface area contributed by atoms with Gasteiger partial charge in [0, 0.05) is 18.8 Å². The molecule has 0 bridgehead atoms. The first-order valence-corrected chi connectivity index (χ1v) is 11.2. The molecule has 7 nitrogen and oxygen atoms in total. The number of hydrogen-bond acceptors (Lipinski definition) is 4. The highest BCUT2D eigenvalue weighted by Gasteiger charge is 2.30. The van der Waals surface area contributed by atoms with Crippen molar-refractivity contribution in [2.45, 2.75) is 52.7 Å². The van der Waals surface area contributed by atoms with E-state index in [1.807, 2.05) is 19.9 Å². The van der Waals surface area contributed by atoms with Crippen molar-refractivity contribution in [3.8, 4) is 0 Å². The second kappa shape index (κ2) is 11.3. The van der Waals surface area contributed by atoms with E-state index in [4.69, 9.17) is 10.5 Å². The Balaban J connectivity index is 0.00000392. The summed E-state index contributed by atoms with van der Waals surface area (Å²) in [6.07, 6.45) is 1.56. The molecular weight excluding hydrogens is 491 g/mol. The summed E-state index contributed by atoms with van der Waals surface area (Å²) in [6.45, 7) is 8.83. The molecule has 1 aromatic carbocycles. The predicted molar refractivity (Wildman–Crippen MR) is 126 cm³/mol. The molecule has 1 aliphatic rings. The van der Waals surface area contributed by atoms with E-state index in [9.17, 15) is 8.42 Å². The monoisotopic (exact) mass is 524 g/mol. The summed E-state index contributed by atoms with van der Waals surface area (Å²) >= 11 is 0. The van der Waals surface area contributed by atoms with E-state index in [2.05, 4.69) is 36.3 Å². The Morgan fingerprint density at radius 2 is 1.75 bits per heavy atom. The number of guanidine groups is 1. The molecule has 1 fully saturated rings. The number of aliphatic imine (C=N–C) groups is 1. The topological polar surface area (TPSA) is 97.0 Å². The smallest absolute Gasteiger partial charge is 0.216 e. The van der Waals surface area contributed by atoms with Crippen LogP contribution >= 0.6 is 24.0 Å². The zero-order valence-electron chi connectivity index (χ0n) is 17.1. The molecule has 0 amide bonds. The van der Waals surface area contributed by atoms with Crippen molar-refractivity contribution in [2.75, 3.05) is 30.7 Å². The molecule has 1 heterocycles. The lowest BCUT2D eigenvalue weighted by molar-refractivity contribution is -0.0440. The number of sulfonamides is 1. The van der Waals surface area contributed by atoms with Gasteiger partial charge in [-0.3, -0.25) is 4.99 Å². The van der Waals surface area contributed by atoms with Gasteiger partial charge in [0.15, 0.2) is 5.96 Å². The Bertz CT molecular complexity index is 738. The SMILES string of the molecule is CCc1cccc(CC)c1NC(N)=NCCS(=O)(=O)N1CC(C)OC(C)C1.I. The van der Waals surface area contributed by atoms with Crippen molar-refractivity contribution in [2.24, 2.45) is 10.7 Å². The van der Waals surface area contributed by atoms with Gasteiger partial charge in [0.25, 0.3) is 0 Å². The maximum Gasteiger partial charge on any atom is 0.216 e. The van der Waals surface area contributed by atoms with Crippen molar-refractivity contribution in [3.63, 3.8) is 0 Å². The van der Waals surface area contributed by atoms with Crippen LogP contribution in [0.3, 0.4) is 0 Å². The minimum Gasteiger partial charge on any atom is -0.373 e. The second-order valence-corrected chi connectivity index (χ2v) is 9.03. The standard InChI is InChI=1S/C19H32N4O3S.HI/c1-5-16-8-7-9-17(6-2)18(16)22-19(20)21-10-11-27(24,25)23-12-14(3)26-15(4)13-23;/h7-9,14-15H,5-6,10-13H2,1-4H3,(H3,20,21,22);1H. The molecule has 2 rings (SSSR count). The van der Waals surface area contributed by atoms with Crippen LogP contribution in [-0.2, 0) is 27.6 Å². The molecule has 2 atom stereocenters. The Hall–Kier alpha value is -0.910. The van der Waals surface area contributed by atoms with Crippen LogP contribution in [0.1, 0.15) is 38.8 Å². The van der Waals surface area contributed by atoms with Crippen LogP contribution in [0.5, 0.6) is 0 Å². The first-order chi connectivity index (χ1) is 12.8. The number of nitrogens with two attached hydrogens (primary N) is 1. The highest BCUT2D eigenvalue weighted by Crippen LogP contribution is 2.22. The minimum absolute atomic E-state index is 0. The maximum atomic E-state index is 12.6. The molecule has 1 saturated heterocycles. The van der Waals surface area contributed by atoms with E-state index in [0.29, 0.717) is 13.1 Å². The van der Waals surface area contributed by atoms with Crippen LogP contribution < -0.4 is 11.1 Å². The van der Waals surface area contributed by atoms with E-state index in [1.54, 1.807) is 0 Å². The lowest BCUT2D eigenvalue weighted by Gasteiger charge is -2.34. The molecular formula is C19H33IN4O3S. The Kier molecular flexibility index (Phi) is 10.2. The summed E-state index contributed by atoms with van der Waals surface area (Å²) in [7, 11) is -3.38. The molecule has 0 saturated carbocycles. The Morgan fingerprint density at radius 3 is 2.25 bits per heavy atom. The molecule has 28 heavy (non-hydrogen) atoms. The third kappa shape index (κ3) is 6.85. The average Bonchev–Trinajstić information content (AvgIpc) is 2.60. The van der Waals surface area contributed by atoms with Crippen molar-refractivity contribution in [1.82, 2.24) is 4.31 Å². The fourth-order valence-corrected chi connectivity index (χ4v) is 4.79. The van der Waals surface area contributed by atoms with Crippen molar-refractivity contribution in [1.29, 1.82) is 0 Å². The molecule has 0 spiro atoms. The molecule has 1 aliphatic heterocycles. The fraction of sp³-hybridized carbons (Fsp3) is 0.632. The zero-order valence-corrected chi connectivity index (χ0v) is 20.3. The number of anilines is 1. The van der Waals surface area contributed by atoms with Crippen molar-refractivity contribution >= 4 is 45.6 Å². The van der Waals surface area contributed by atoms with Gasteiger partial charge in [-0.2, -0.15) is 4.31 Å². The Morgan fingerprint density at radius 1 is 1.21 bits per heavy atom. The van der Waals surface area contributed by atoms with Crippen LogP contribution in [0, 0.1) is 0 Å². The van der Waals surface area contributed by atoms with Crippen LogP contribution in [0.2, 0.25) is 0 Å². The van der Waals surface area contributed by atoms with Gasteiger partial charge in [-0.25, -0.2) is 8.42 Å². The third-order valence-corrected chi connectivity index (χ3v) is 6.45. The highest BCUT2D eigenvalue weighted by molar-refractivity contribution is 14.0. The lowest BCUT2D eigenvalue weighted by atomic mass is 10.0. The number of morpholine rings is 1. The number of nitrogens with one attached hydrogen (secondary N) is 1. The van der Waals surface area contributed by atoms with Gasteiger partial charge in [0.2, 0.25) is 10.0 Å². The number of benzene rings is 1. The molecule has 0 aromatic heterocycles. The molecule has 3 N–H and O–H groups in total. The summed E-state index contributed by atoms with van der Waals surface area (Å²) in [4.78, 5) is 4.23. The number of nitrogens with zero attached hydrogens (tertiary/aromatic N) is 2. The zero-order chi connectivity index (χ0) is 20.0. The third-order valence-electron chi connectivity index (χ3n) is 4.66. The van der Waals surface area contributed by atoms with Crippen LogP contribution in [0.25, 0.3) is 0 Å². The number of halogens is 1. The van der Waals surface area contributed by atoms with Gasteiger partial charge in [0.1, 0.15) is 0 Å². The molecule has 9 heteroatoms. The highest BCUT2D eigenvalue weighted by atomic mass is 127. The van der Waals surface area contributed by atoms with Crippen LogP contribution in [0.4, 0.5) is 5.69 Å². The van der Waals surface area contributed by atoms with E-state index < -0.39 is 10.0 Å². The summed E-state index contributed by atoms with van der Waals surface area (Å²) < 4.78 is 32.2. The second-order valence-electron chi connectivity index (χ2n) is 6.94. The number of rotatable bonds is 7. The Labute approximate surface area is 186 Å². The van der Waals surface area contributed by atoms with E-state index in [-0.39, 0.29) is 54.4 Å². The number of ether oxygens (including phenoxy) is 1. The van der Waals surface area contributed by atoms with Gasteiger partial charge in [-0.15, -0.1) is 24.0 Å². The largest absolute Gasteiger partial charge is 0.373 e. The number of aryl methyl sites for hydroxylation is 2. The van der Waals surface area contributed by atoms with Crippen LogP contribution in [0.15, 0.2) is 23.2 Å². The predicted octanol–water partition coefficient (Wildman–Crippen LogP) is 2.60. The average molecular weight is 524 g/mol. The maximum absolute atomic E-state index is 12.6.